The number of aromatic nitrogens is 2. The molecule has 20 heavy (non-hydrogen) atoms. The first-order chi connectivity index (χ1) is 9.70. The predicted molar refractivity (Wildman–Crippen MR) is 84.9 cm³/mol. The molecule has 1 atom stereocenters. The number of ether oxygens (including phenoxy) is 1. The number of aryl methyl sites for hydroxylation is 1. The summed E-state index contributed by atoms with van der Waals surface area (Å²) in [5, 5.41) is 3.45. The van der Waals surface area contributed by atoms with Crippen LogP contribution >= 0.6 is 15.9 Å². The topological polar surface area (TPSA) is 39.1 Å². The standard InChI is InChI=1S/C15H20BrN3O/c1-12(13-4-6-14(16)7-5-13)18-15-17-8-10-19(15)9-3-11-20-2/h4-8,10,12H,3,9,11H2,1-2H3,(H,17,18). The van der Waals surface area contributed by atoms with Crippen molar-refractivity contribution in [1.82, 2.24) is 9.55 Å². The van der Waals surface area contributed by atoms with E-state index in [-0.39, 0.29) is 6.04 Å². The van der Waals surface area contributed by atoms with E-state index in [9.17, 15) is 0 Å². The number of hydrogen-bond acceptors (Lipinski definition) is 3. The van der Waals surface area contributed by atoms with Gasteiger partial charge in [-0.1, -0.05) is 28.1 Å². The van der Waals surface area contributed by atoms with Crippen molar-refractivity contribution >= 4 is 21.9 Å². The zero-order valence-corrected chi connectivity index (χ0v) is 13.4. The van der Waals surface area contributed by atoms with E-state index in [1.807, 2.05) is 12.4 Å². The van der Waals surface area contributed by atoms with Crippen LogP contribution in [0.25, 0.3) is 0 Å². The molecule has 0 aliphatic heterocycles. The first-order valence-electron chi connectivity index (χ1n) is 6.73. The van der Waals surface area contributed by atoms with Gasteiger partial charge in [-0.3, -0.25) is 0 Å². The van der Waals surface area contributed by atoms with Gasteiger partial charge in [-0.15, -0.1) is 0 Å². The summed E-state index contributed by atoms with van der Waals surface area (Å²) in [6.45, 7) is 3.81. The van der Waals surface area contributed by atoms with Gasteiger partial charge >= 0.3 is 0 Å². The van der Waals surface area contributed by atoms with E-state index in [4.69, 9.17) is 4.74 Å². The summed E-state index contributed by atoms with van der Waals surface area (Å²) in [4.78, 5) is 4.38. The van der Waals surface area contributed by atoms with Gasteiger partial charge in [0.2, 0.25) is 5.95 Å². The van der Waals surface area contributed by atoms with E-state index in [1.54, 1.807) is 7.11 Å². The number of imidazole rings is 1. The minimum atomic E-state index is 0.215. The fraction of sp³-hybridized carbons (Fsp3) is 0.400. The summed E-state index contributed by atoms with van der Waals surface area (Å²) in [5.74, 6) is 0.900. The fourth-order valence-corrected chi connectivity index (χ4v) is 2.30. The molecule has 108 valence electrons. The summed E-state index contributed by atoms with van der Waals surface area (Å²) >= 11 is 3.45. The van der Waals surface area contributed by atoms with Crippen LogP contribution in [0.4, 0.5) is 5.95 Å². The van der Waals surface area contributed by atoms with Gasteiger partial charge in [-0.25, -0.2) is 4.98 Å². The molecule has 2 rings (SSSR count). The largest absolute Gasteiger partial charge is 0.385 e. The molecule has 1 heterocycles. The number of halogens is 1. The highest BCUT2D eigenvalue weighted by Crippen LogP contribution is 2.20. The lowest BCUT2D eigenvalue weighted by Crippen LogP contribution is -2.12. The Morgan fingerprint density at radius 3 is 2.80 bits per heavy atom. The van der Waals surface area contributed by atoms with E-state index in [2.05, 4.69) is 62.0 Å². The quantitative estimate of drug-likeness (QED) is 0.780. The molecule has 0 bridgehead atoms. The van der Waals surface area contributed by atoms with Gasteiger partial charge < -0.3 is 14.6 Å². The fourth-order valence-electron chi connectivity index (χ4n) is 2.04. The maximum absolute atomic E-state index is 5.08. The third-order valence-electron chi connectivity index (χ3n) is 3.18. The summed E-state index contributed by atoms with van der Waals surface area (Å²) in [7, 11) is 1.72. The van der Waals surface area contributed by atoms with Crippen molar-refractivity contribution in [3.8, 4) is 0 Å². The average molecular weight is 338 g/mol. The molecule has 0 aliphatic carbocycles. The third kappa shape index (κ3) is 4.08. The summed E-state index contributed by atoms with van der Waals surface area (Å²) in [5.41, 5.74) is 1.24. The Bertz CT molecular complexity index is 524. The van der Waals surface area contributed by atoms with Gasteiger partial charge in [-0.2, -0.15) is 0 Å². The highest BCUT2D eigenvalue weighted by molar-refractivity contribution is 9.10. The predicted octanol–water partition coefficient (Wildman–Crippen LogP) is 3.86. The Labute approximate surface area is 128 Å². The molecule has 0 saturated carbocycles. The molecule has 1 aromatic carbocycles. The zero-order valence-electron chi connectivity index (χ0n) is 11.8. The minimum absolute atomic E-state index is 0.215. The highest BCUT2D eigenvalue weighted by atomic mass is 79.9. The lowest BCUT2D eigenvalue weighted by Gasteiger charge is -2.16. The first-order valence-corrected chi connectivity index (χ1v) is 7.52. The SMILES string of the molecule is COCCCn1ccnc1NC(C)c1ccc(Br)cc1. The van der Waals surface area contributed by atoms with E-state index in [0.29, 0.717) is 0 Å². The normalized spacial score (nSPS) is 12.3. The van der Waals surface area contributed by atoms with Crippen LogP contribution in [0, 0.1) is 0 Å². The Balaban J connectivity index is 1.98. The Hall–Kier alpha value is -1.33. The van der Waals surface area contributed by atoms with Gasteiger partial charge in [0.05, 0.1) is 6.04 Å². The van der Waals surface area contributed by atoms with Crippen LogP contribution < -0.4 is 5.32 Å². The molecule has 0 radical (unpaired) electrons. The van der Waals surface area contributed by atoms with Crippen molar-refractivity contribution in [3.63, 3.8) is 0 Å². The Morgan fingerprint density at radius 1 is 1.35 bits per heavy atom. The second-order valence-corrected chi connectivity index (χ2v) is 5.62. The first kappa shape index (κ1) is 15.1. The van der Waals surface area contributed by atoms with Crippen molar-refractivity contribution in [2.75, 3.05) is 19.0 Å². The molecule has 0 aliphatic rings. The van der Waals surface area contributed by atoms with Gasteiger partial charge in [0.25, 0.3) is 0 Å². The lowest BCUT2D eigenvalue weighted by atomic mass is 10.1. The van der Waals surface area contributed by atoms with Crippen LogP contribution in [0.5, 0.6) is 0 Å². The average Bonchev–Trinajstić information content (AvgIpc) is 2.87. The van der Waals surface area contributed by atoms with E-state index < -0.39 is 0 Å². The number of nitrogens with zero attached hydrogens (tertiary/aromatic N) is 2. The molecule has 1 unspecified atom stereocenters. The van der Waals surface area contributed by atoms with Crippen molar-refractivity contribution in [1.29, 1.82) is 0 Å². The molecule has 0 saturated heterocycles. The maximum atomic E-state index is 5.08. The van der Waals surface area contributed by atoms with Crippen LogP contribution in [0.2, 0.25) is 0 Å². The third-order valence-corrected chi connectivity index (χ3v) is 3.71. The molecule has 4 nitrogen and oxygen atoms in total. The van der Waals surface area contributed by atoms with Crippen LogP contribution in [-0.4, -0.2) is 23.3 Å². The van der Waals surface area contributed by atoms with Crippen molar-refractivity contribution in [3.05, 3.63) is 46.7 Å². The van der Waals surface area contributed by atoms with Gasteiger partial charge in [-0.05, 0) is 31.0 Å². The molecular weight excluding hydrogens is 318 g/mol. The molecule has 5 heteroatoms. The van der Waals surface area contributed by atoms with Gasteiger partial charge in [0, 0.05) is 37.1 Å². The highest BCUT2D eigenvalue weighted by Gasteiger charge is 2.09. The Kier molecular flexibility index (Phi) is 5.61. The van der Waals surface area contributed by atoms with Crippen LogP contribution in [-0.2, 0) is 11.3 Å². The number of methoxy groups -OCH3 is 1. The number of anilines is 1. The lowest BCUT2D eigenvalue weighted by molar-refractivity contribution is 0.190. The molecule has 0 fully saturated rings. The van der Waals surface area contributed by atoms with E-state index in [0.717, 1.165) is 30.0 Å². The molecular formula is C15H20BrN3O. The molecule has 1 aromatic heterocycles. The summed E-state index contributed by atoms with van der Waals surface area (Å²) < 4.78 is 8.29. The summed E-state index contributed by atoms with van der Waals surface area (Å²) in [6.07, 6.45) is 4.80. The van der Waals surface area contributed by atoms with Gasteiger partial charge in [0.1, 0.15) is 0 Å². The smallest absolute Gasteiger partial charge is 0.203 e. The van der Waals surface area contributed by atoms with E-state index >= 15 is 0 Å². The second-order valence-electron chi connectivity index (χ2n) is 4.71. The number of benzene rings is 1. The number of rotatable bonds is 7. The van der Waals surface area contributed by atoms with Crippen molar-refractivity contribution < 1.29 is 4.74 Å². The molecule has 0 spiro atoms. The minimum Gasteiger partial charge on any atom is -0.385 e. The van der Waals surface area contributed by atoms with E-state index in [1.165, 1.54) is 5.56 Å². The summed E-state index contributed by atoms with van der Waals surface area (Å²) in [6, 6.07) is 8.54. The Morgan fingerprint density at radius 2 is 2.10 bits per heavy atom. The van der Waals surface area contributed by atoms with Gasteiger partial charge in [0.15, 0.2) is 0 Å². The number of hydrogen-bond donors (Lipinski definition) is 1. The van der Waals surface area contributed by atoms with Crippen LogP contribution in [0.1, 0.15) is 24.9 Å². The van der Waals surface area contributed by atoms with Crippen molar-refractivity contribution in [2.45, 2.75) is 25.9 Å². The van der Waals surface area contributed by atoms with Crippen LogP contribution in [0.15, 0.2) is 41.1 Å². The van der Waals surface area contributed by atoms with Crippen molar-refractivity contribution in [2.24, 2.45) is 0 Å². The molecule has 0 amide bonds. The maximum Gasteiger partial charge on any atom is 0.203 e. The van der Waals surface area contributed by atoms with Crippen LogP contribution in [0.3, 0.4) is 0 Å². The molecule has 2 aromatic rings. The molecule has 1 N–H and O–H groups in total. The second kappa shape index (κ2) is 7.45. The monoisotopic (exact) mass is 337 g/mol. The number of nitrogens with one attached hydrogen (secondary N) is 1. The zero-order chi connectivity index (χ0) is 14.4.